The lowest BCUT2D eigenvalue weighted by Gasteiger charge is -2.03. The molecule has 1 aliphatic heterocycles. The van der Waals surface area contributed by atoms with E-state index in [1.807, 2.05) is 0 Å². The average Bonchev–Trinajstić information content (AvgIpc) is 2.97. The number of allylic oxidation sites excluding steroid dienone is 1. The van der Waals surface area contributed by atoms with E-state index in [0.717, 1.165) is 12.8 Å². The SMILES string of the molecule is CC=CC(=O)OCCC1OC1C(C)CC. The summed E-state index contributed by atoms with van der Waals surface area (Å²) in [5.74, 6) is 0.347. The highest BCUT2D eigenvalue weighted by molar-refractivity contribution is 5.81. The molecule has 0 bridgehead atoms. The van der Waals surface area contributed by atoms with Crippen LogP contribution in [0.4, 0.5) is 0 Å². The Morgan fingerprint density at radius 2 is 2.33 bits per heavy atom. The molecule has 1 heterocycles. The molecule has 1 fully saturated rings. The van der Waals surface area contributed by atoms with Crippen molar-refractivity contribution in [2.45, 2.75) is 45.8 Å². The van der Waals surface area contributed by atoms with Crippen molar-refractivity contribution >= 4 is 5.97 Å². The summed E-state index contributed by atoms with van der Waals surface area (Å²) < 4.78 is 10.5. The second kappa shape index (κ2) is 5.91. The molecule has 0 aromatic rings. The van der Waals surface area contributed by atoms with Crippen molar-refractivity contribution in [2.75, 3.05) is 6.61 Å². The summed E-state index contributed by atoms with van der Waals surface area (Å²) in [6.45, 7) is 6.61. The molecule has 0 radical (unpaired) electrons. The van der Waals surface area contributed by atoms with E-state index < -0.39 is 0 Å². The van der Waals surface area contributed by atoms with E-state index in [4.69, 9.17) is 9.47 Å². The molecule has 3 heteroatoms. The minimum Gasteiger partial charge on any atom is -0.462 e. The first-order valence-corrected chi connectivity index (χ1v) is 5.64. The fourth-order valence-corrected chi connectivity index (χ4v) is 1.58. The van der Waals surface area contributed by atoms with Crippen molar-refractivity contribution in [2.24, 2.45) is 5.92 Å². The van der Waals surface area contributed by atoms with Crippen molar-refractivity contribution in [1.29, 1.82) is 0 Å². The van der Waals surface area contributed by atoms with Gasteiger partial charge in [0.1, 0.15) is 0 Å². The molecule has 86 valence electrons. The zero-order valence-electron chi connectivity index (χ0n) is 9.73. The van der Waals surface area contributed by atoms with Gasteiger partial charge in [0.25, 0.3) is 0 Å². The van der Waals surface area contributed by atoms with Gasteiger partial charge in [0.05, 0.1) is 18.8 Å². The van der Waals surface area contributed by atoms with Crippen molar-refractivity contribution in [3.05, 3.63) is 12.2 Å². The summed E-state index contributed by atoms with van der Waals surface area (Å²) in [5.41, 5.74) is 0. The number of hydrogen-bond acceptors (Lipinski definition) is 3. The van der Waals surface area contributed by atoms with Crippen molar-refractivity contribution < 1.29 is 14.3 Å². The number of carbonyl (C=O) groups is 1. The molecule has 0 N–H and O–H groups in total. The van der Waals surface area contributed by atoms with Gasteiger partial charge in [-0.15, -0.1) is 0 Å². The minimum atomic E-state index is -0.266. The zero-order chi connectivity index (χ0) is 11.3. The van der Waals surface area contributed by atoms with E-state index in [1.165, 1.54) is 6.08 Å². The predicted molar refractivity (Wildman–Crippen MR) is 58.5 cm³/mol. The van der Waals surface area contributed by atoms with Crippen LogP contribution in [-0.4, -0.2) is 24.8 Å². The molecule has 0 aromatic carbocycles. The number of esters is 1. The molecule has 0 aliphatic carbocycles. The number of carbonyl (C=O) groups excluding carboxylic acids is 1. The second-order valence-corrected chi connectivity index (χ2v) is 3.98. The van der Waals surface area contributed by atoms with Gasteiger partial charge >= 0.3 is 5.97 Å². The third-order valence-corrected chi connectivity index (χ3v) is 2.78. The van der Waals surface area contributed by atoms with Crippen LogP contribution < -0.4 is 0 Å². The molecule has 3 unspecified atom stereocenters. The molecule has 0 aromatic heterocycles. The molecular weight excluding hydrogens is 192 g/mol. The van der Waals surface area contributed by atoms with E-state index in [9.17, 15) is 4.79 Å². The topological polar surface area (TPSA) is 38.8 Å². The Morgan fingerprint density at radius 3 is 2.93 bits per heavy atom. The Hall–Kier alpha value is -0.830. The van der Waals surface area contributed by atoms with E-state index in [0.29, 0.717) is 24.7 Å². The third kappa shape index (κ3) is 4.04. The molecule has 0 saturated carbocycles. The van der Waals surface area contributed by atoms with Crippen LogP contribution in [0.3, 0.4) is 0 Å². The van der Waals surface area contributed by atoms with Crippen molar-refractivity contribution in [1.82, 2.24) is 0 Å². The molecule has 1 aliphatic rings. The van der Waals surface area contributed by atoms with Gasteiger partial charge in [-0.3, -0.25) is 0 Å². The lowest BCUT2D eigenvalue weighted by molar-refractivity contribution is -0.137. The maximum absolute atomic E-state index is 11.0. The van der Waals surface area contributed by atoms with Crippen LogP contribution in [0.1, 0.15) is 33.6 Å². The number of epoxide rings is 1. The Balaban J connectivity index is 2.06. The third-order valence-electron chi connectivity index (χ3n) is 2.78. The van der Waals surface area contributed by atoms with Crippen LogP contribution in [0.5, 0.6) is 0 Å². The second-order valence-electron chi connectivity index (χ2n) is 3.98. The Labute approximate surface area is 91.4 Å². The van der Waals surface area contributed by atoms with Crippen LogP contribution >= 0.6 is 0 Å². The van der Waals surface area contributed by atoms with Gasteiger partial charge in [-0.05, 0) is 12.8 Å². The van der Waals surface area contributed by atoms with Gasteiger partial charge in [0.15, 0.2) is 0 Å². The molecule has 3 nitrogen and oxygen atoms in total. The van der Waals surface area contributed by atoms with Crippen LogP contribution in [-0.2, 0) is 14.3 Å². The molecule has 15 heavy (non-hydrogen) atoms. The maximum atomic E-state index is 11.0. The van der Waals surface area contributed by atoms with E-state index in [2.05, 4.69) is 13.8 Å². The van der Waals surface area contributed by atoms with Crippen molar-refractivity contribution in [3.63, 3.8) is 0 Å². The van der Waals surface area contributed by atoms with Gasteiger partial charge in [-0.2, -0.15) is 0 Å². The Kier molecular flexibility index (Phi) is 4.82. The van der Waals surface area contributed by atoms with Crippen LogP contribution in [0.2, 0.25) is 0 Å². The highest BCUT2D eigenvalue weighted by Crippen LogP contribution is 2.33. The number of hydrogen-bond donors (Lipinski definition) is 0. The van der Waals surface area contributed by atoms with Gasteiger partial charge in [0.2, 0.25) is 0 Å². The van der Waals surface area contributed by atoms with Gasteiger partial charge in [-0.1, -0.05) is 26.3 Å². The molecule has 0 spiro atoms. The summed E-state index contributed by atoms with van der Waals surface area (Å²) in [5, 5.41) is 0. The number of ether oxygens (including phenoxy) is 2. The summed E-state index contributed by atoms with van der Waals surface area (Å²) >= 11 is 0. The summed E-state index contributed by atoms with van der Waals surface area (Å²) in [7, 11) is 0. The molecule has 1 rings (SSSR count). The fourth-order valence-electron chi connectivity index (χ4n) is 1.58. The van der Waals surface area contributed by atoms with Crippen LogP contribution in [0.25, 0.3) is 0 Å². The minimum absolute atomic E-state index is 0.266. The first kappa shape index (κ1) is 12.2. The summed E-state index contributed by atoms with van der Waals surface area (Å²) in [6.07, 6.45) is 5.75. The smallest absolute Gasteiger partial charge is 0.330 e. The largest absolute Gasteiger partial charge is 0.462 e. The Morgan fingerprint density at radius 1 is 1.60 bits per heavy atom. The Bertz CT molecular complexity index is 235. The fraction of sp³-hybridized carbons (Fsp3) is 0.750. The average molecular weight is 212 g/mol. The van der Waals surface area contributed by atoms with E-state index >= 15 is 0 Å². The van der Waals surface area contributed by atoms with Gasteiger partial charge in [-0.25, -0.2) is 4.79 Å². The first-order chi connectivity index (χ1) is 7.19. The standard InChI is InChI=1S/C12H20O3/c1-4-6-11(13)14-8-7-10-12(15-10)9(3)5-2/h4,6,9-10,12H,5,7-8H2,1-3H3. The van der Waals surface area contributed by atoms with E-state index in [1.54, 1.807) is 13.0 Å². The maximum Gasteiger partial charge on any atom is 0.330 e. The lowest BCUT2D eigenvalue weighted by atomic mass is 10.0. The zero-order valence-corrected chi connectivity index (χ0v) is 9.73. The first-order valence-electron chi connectivity index (χ1n) is 5.64. The number of rotatable bonds is 6. The molecule has 3 atom stereocenters. The van der Waals surface area contributed by atoms with Gasteiger partial charge in [0, 0.05) is 12.5 Å². The highest BCUT2D eigenvalue weighted by Gasteiger charge is 2.41. The molecular formula is C12H20O3. The predicted octanol–water partition coefficient (Wildman–Crippen LogP) is 2.31. The normalized spacial score (nSPS) is 26.6. The lowest BCUT2D eigenvalue weighted by Crippen LogP contribution is -2.09. The van der Waals surface area contributed by atoms with Gasteiger partial charge < -0.3 is 9.47 Å². The summed E-state index contributed by atoms with van der Waals surface area (Å²) in [6, 6.07) is 0. The molecule has 0 amide bonds. The quantitative estimate of drug-likeness (QED) is 0.385. The molecule has 1 saturated heterocycles. The monoisotopic (exact) mass is 212 g/mol. The van der Waals surface area contributed by atoms with Crippen LogP contribution in [0.15, 0.2) is 12.2 Å². The van der Waals surface area contributed by atoms with Crippen LogP contribution in [0, 0.1) is 5.92 Å². The van der Waals surface area contributed by atoms with Crippen molar-refractivity contribution in [3.8, 4) is 0 Å². The highest BCUT2D eigenvalue weighted by atomic mass is 16.6. The van der Waals surface area contributed by atoms with E-state index in [-0.39, 0.29) is 5.97 Å². The summed E-state index contributed by atoms with van der Waals surface area (Å²) in [4.78, 5) is 11.0.